The van der Waals surface area contributed by atoms with E-state index in [0.717, 1.165) is 42.2 Å². The van der Waals surface area contributed by atoms with Gasteiger partial charge in [-0.15, -0.1) is 21.5 Å². The first kappa shape index (κ1) is 23.6. The predicted octanol–water partition coefficient (Wildman–Crippen LogP) is 5.59. The molecular weight excluding hydrogens is 460 g/mol. The van der Waals surface area contributed by atoms with Crippen molar-refractivity contribution in [2.24, 2.45) is 17.8 Å². The summed E-state index contributed by atoms with van der Waals surface area (Å²) in [7, 11) is 0. The maximum Gasteiger partial charge on any atom is 0.233 e. The number of thiophene rings is 1. The summed E-state index contributed by atoms with van der Waals surface area (Å²) >= 11 is 3.27. The van der Waals surface area contributed by atoms with Gasteiger partial charge in [-0.05, 0) is 74.3 Å². The van der Waals surface area contributed by atoms with E-state index >= 15 is 0 Å². The molecule has 2 aliphatic rings. The lowest BCUT2D eigenvalue weighted by Crippen LogP contribution is -2.43. The first-order chi connectivity index (χ1) is 16.6. The molecule has 7 heteroatoms. The highest BCUT2D eigenvalue weighted by Crippen LogP contribution is 2.49. The molecule has 5 atom stereocenters. The summed E-state index contributed by atoms with van der Waals surface area (Å²) in [4.78, 5) is 14.4. The summed E-state index contributed by atoms with van der Waals surface area (Å²) in [6, 6.07) is 15.0. The largest absolute Gasteiger partial charge is 0.352 e. The zero-order valence-corrected chi connectivity index (χ0v) is 21.7. The smallest absolute Gasteiger partial charge is 0.233 e. The van der Waals surface area contributed by atoms with Crippen LogP contribution in [0.4, 0.5) is 0 Å². The SMILES string of the molecule is CC(Sc1nnc(Cc2cccs2)n1CCc1ccccc1)C(=O)NC(C)C1CC2CCC1C2. The van der Waals surface area contributed by atoms with E-state index in [1.54, 1.807) is 11.3 Å². The van der Waals surface area contributed by atoms with E-state index in [-0.39, 0.29) is 17.2 Å². The molecule has 2 saturated carbocycles. The Morgan fingerprint density at radius 2 is 2.00 bits per heavy atom. The second-order valence-electron chi connectivity index (χ2n) is 9.94. The number of rotatable bonds is 10. The molecule has 0 saturated heterocycles. The van der Waals surface area contributed by atoms with Crippen LogP contribution in [-0.2, 0) is 24.2 Å². The van der Waals surface area contributed by atoms with Gasteiger partial charge in [0.05, 0.1) is 5.25 Å². The van der Waals surface area contributed by atoms with Crippen LogP contribution < -0.4 is 5.32 Å². The van der Waals surface area contributed by atoms with Crippen LogP contribution in [-0.4, -0.2) is 32.0 Å². The number of benzene rings is 1. The van der Waals surface area contributed by atoms with Gasteiger partial charge in [-0.1, -0.05) is 54.6 Å². The van der Waals surface area contributed by atoms with Crippen molar-refractivity contribution >= 4 is 29.0 Å². The number of nitrogens with one attached hydrogen (secondary N) is 1. The van der Waals surface area contributed by atoms with E-state index in [1.165, 1.54) is 47.9 Å². The lowest BCUT2D eigenvalue weighted by Gasteiger charge is -2.29. The Labute approximate surface area is 210 Å². The van der Waals surface area contributed by atoms with Crippen LogP contribution in [0.3, 0.4) is 0 Å². The monoisotopic (exact) mass is 494 g/mol. The number of hydrogen-bond acceptors (Lipinski definition) is 5. The van der Waals surface area contributed by atoms with Crippen molar-refractivity contribution in [2.75, 3.05) is 0 Å². The van der Waals surface area contributed by atoms with E-state index < -0.39 is 0 Å². The van der Waals surface area contributed by atoms with Crippen molar-refractivity contribution in [1.82, 2.24) is 20.1 Å². The van der Waals surface area contributed by atoms with Crippen molar-refractivity contribution < 1.29 is 4.79 Å². The molecule has 2 fully saturated rings. The average molecular weight is 495 g/mol. The third kappa shape index (κ3) is 5.41. The Morgan fingerprint density at radius 1 is 1.15 bits per heavy atom. The van der Waals surface area contributed by atoms with Crippen LogP contribution in [0.2, 0.25) is 0 Å². The number of thioether (sulfide) groups is 1. The number of carbonyl (C=O) groups excluding carboxylic acids is 1. The molecule has 0 aliphatic heterocycles. The molecule has 34 heavy (non-hydrogen) atoms. The fourth-order valence-electron chi connectivity index (χ4n) is 5.78. The molecule has 5 rings (SSSR count). The average Bonchev–Trinajstić information content (AvgIpc) is 3.65. The van der Waals surface area contributed by atoms with E-state index in [2.05, 4.69) is 68.8 Å². The summed E-state index contributed by atoms with van der Waals surface area (Å²) in [6.07, 6.45) is 7.06. The maximum atomic E-state index is 13.1. The lowest BCUT2D eigenvalue weighted by molar-refractivity contribution is -0.121. The van der Waals surface area contributed by atoms with Crippen LogP contribution in [0.5, 0.6) is 0 Å². The molecule has 5 unspecified atom stereocenters. The summed E-state index contributed by atoms with van der Waals surface area (Å²) in [5.74, 6) is 3.42. The van der Waals surface area contributed by atoms with Gasteiger partial charge in [0.2, 0.25) is 5.91 Å². The van der Waals surface area contributed by atoms with Crippen molar-refractivity contribution in [3.05, 3.63) is 64.1 Å². The summed E-state index contributed by atoms with van der Waals surface area (Å²) < 4.78 is 2.21. The molecule has 2 aliphatic carbocycles. The molecule has 2 aromatic heterocycles. The number of nitrogens with zero attached hydrogens (tertiary/aromatic N) is 3. The van der Waals surface area contributed by atoms with Crippen molar-refractivity contribution in [1.29, 1.82) is 0 Å². The highest BCUT2D eigenvalue weighted by molar-refractivity contribution is 8.00. The minimum atomic E-state index is -0.213. The van der Waals surface area contributed by atoms with Gasteiger partial charge in [0, 0.05) is 23.9 Å². The molecular formula is C27H34N4OS2. The molecule has 1 N–H and O–H groups in total. The van der Waals surface area contributed by atoms with Gasteiger partial charge in [0.15, 0.2) is 5.16 Å². The van der Waals surface area contributed by atoms with Crippen LogP contribution in [0.1, 0.15) is 55.8 Å². The first-order valence-corrected chi connectivity index (χ1v) is 14.3. The first-order valence-electron chi connectivity index (χ1n) is 12.5. The molecule has 2 heterocycles. The number of hydrogen-bond donors (Lipinski definition) is 1. The summed E-state index contributed by atoms with van der Waals surface area (Å²) in [6.45, 7) is 4.99. The Balaban J connectivity index is 1.25. The molecule has 3 aromatic rings. The molecule has 0 spiro atoms. The third-order valence-electron chi connectivity index (χ3n) is 7.63. The van der Waals surface area contributed by atoms with Gasteiger partial charge in [0.25, 0.3) is 0 Å². The number of aryl methyl sites for hydroxylation is 1. The zero-order valence-electron chi connectivity index (χ0n) is 20.0. The minimum Gasteiger partial charge on any atom is -0.352 e. The molecule has 1 amide bonds. The Kier molecular flexibility index (Phi) is 7.40. The Bertz CT molecular complexity index is 1080. The van der Waals surface area contributed by atoms with Gasteiger partial charge in [0.1, 0.15) is 5.82 Å². The van der Waals surface area contributed by atoms with Crippen LogP contribution in [0.25, 0.3) is 0 Å². The number of carbonyl (C=O) groups is 1. The van der Waals surface area contributed by atoms with Gasteiger partial charge < -0.3 is 9.88 Å². The fraction of sp³-hybridized carbons (Fsp3) is 0.519. The van der Waals surface area contributed by atoms with E-state index in [4.69, 9.17) is 0 Å². The Hall–Kier alpha value is -2.12. The lowest BCUT2D eigenvalue weighted by atomic mass is 9.84. The molecule has 0 radical (unpaired) electrons. The molecule has 2 bridgehead atoms. The van der Waals surface area contributed by atoms with Gasteiger partial charge in [-0.2, -0.15) is 0 Å². The van der Waals surface area contributed by atoms with Crippen LogP contribution in [0, 0.1) is 17.8 Å². The van der Waals surface area contributed by atoms with E-state index in [0.29, 0.717) is 5.92 Å². The summed E-state index contributed by atoms with van der Waals surface area (Å²) in [5.41, 5.74) is 1.29. The Morgan fingerprint density at radius 3 is 2.71 bits per heavy atom. The molecule has 5 nitrogen and oxygen atoms in total. The number of aromatic nitrogens is 3. The minimum absolute atomic E-state index is 0.109. The van der Waals surface area contributed by atoms with Gasteiger partial charge in [-0.3, -0.25) is 4.79 Å². The molecule has 1 aromatic carbocycles. The van der Waals surface area contributed by atoms with Crippen molar-refractivity contribution in [2.45, 2.75) is 75.4 Å². The van der Waals surface area contributed by atoms with Crippen molar-refractivity contribution in [3.63, 3.8) is 0 Å². The third-order valence-corrected chi connectivity index (χ3v) is 9.59. The predicted molar refractivity (Wildman–Crippen MR) is 139 cm³/mol. The summed E-state index contributed by atoms with van der Waals surface area (Å²) in [5, 5.41) is 15.1. The van der Waals surface area contributed by atoms with E-state index in [9.17, 15) is 4.79 Å². The topological polar surface area (TPSA) is 59.8 Å². The number of amides is 1. The van der Waals surface area contributed by atoms with Gasteiger partial charge >= 0.3 is 0 Å². The fourth-order valence-corrected chi connectivity index (χ4v) is 7.39. The van der Waals surface area contributed by atoms with E-state index in [1.807, 2.05) is 13.0 Å². The second-order valence-corrected chi connectivity index (χ2v) is 12.3. The second kappa shape index (κ2) is 10.6. The van der Waals surface area contributed by atoms with Crippen molar-refractivity contribution in [3.8, 4) is 0 Å². The standard InChI is InChI=1S/C27H34N4OS2/c1-18(24-16-21-10-11-22(24)15-21)28-26(32)19(2)34-27-30-29-25(17-23-9-6-14-33-23)31(27)13-12-20-7-4-3-5-8-20/h3-9,14,18-19,21-22,24H,10-13,15-17H2,1-2H3,(H,28,32). The highest BCUT2D eigenvalue weighted by Gasteiger charge is 2.42. The highest BCUT2D eigenvalue weighted by atomic mass is 32.2. The van der Waals surface area contributed by atoms with Crippen LogP contribution >= 0.6 is 23.1 Å². The van der Waals surface area contributed by atoms with Crippen LogP contribution in [0.15, 0.2) is 53.0 Å². The van der Waals surface area contributed by atoms with Gasteiger partial charge in [-0.25, -0.2) is 0 Å². The zero-order chi connectivity index (χ0) is 23.5. The number of fused-ring (bicyclic) bond motifs is 2. The normalized spacial score (nSPS) is 23.2. The maximum absolute atomic E-state index is 13.1. The molecule has 180 valence electrons. The quantitative estimate of drug-likeness (QED) is 0.373.